The van der Waals surface area contributed by atoms with Crippen LogP contribution in [0.4, 0.5) is 0 Å². The summed E-state index contributed by atoms with van der Waals surface area (Å²) in [5.74, 6) is 0. The van der Waals surface area contributed by atoms with Gasteiger partial charge in [-0.15, -0.1) is 11.3 Å². The van der Waals surface area contributed by atoms with Crippen LogP contribution in [0.25, 0.3) is 21.5 Å². The fourth-order valence-electron chi connectivity index (χ4n) is 4.18. The standard InChI is InChI=1S/C25H22ClN5OS/c1-15-10-20(33-13-15)18-11-23(32)31(3)19-8-9-21(29-24(18)19)25(27,22-12-28-14-30(22)2)16-4-6-17(26)7-5-16/h4-14H,27H2,1-3H3/t25-/m1/s1. The molecule has 0 amide bonds. The van der Waals surface area contributed by atoms with Gasteiger partial charge in [-0.05, 0) is 53.8 Å². The number of nitrogens with zero attached hydrogens (tertiary/aromatic N) is 4. The maximum atomic E-state index is 12.7. The Morgan fingerprint density at radius 2 is 1.85 bits per heavy atom. The summed E-state index contributed by atoms with van der Waals surface area (Å²) < 4.78 is 3.51. The van der Waals surface area contributed by atoms with Crippen molar-refractivity contribution in [2.45, 2.75) is 12.5 Å². The molecule has 4 heterocycles. The number of thiophene rings is 1. The Labute approximate surface area is 199 Å². The van der Waals surface area contributed by atoms with Gasteiger partial charge in [0, 0.05) is 35.6 Å². The van der Waals surface area contributed by atoms with E-state index in [1.165, 1.54) is 0 Å². The van der Waals surface area contributed by atoms with Gasteiger partial charge in [0.05, 0.1) is 34.9 Å². The lowest BCUT2D eigenvalue weighted by molar-refractivity contribution is 0.580. The highest BCUT2D eigenvalue weighted by Gasteiger charge is 2.36. The number of hydrogen-bond donors (Lipinski definition) is 1. The van der Waals surface area contributed by atoms with Gasteiger partial charge in [-0.1, -0.05) is 23.7 Å². The summed E-state index contributed by atoms with van der Waals surface area (Å²) in [6, 6.07) is 15.0. The highest BCUT2D eigenvalue weighted by atomic mass is 35.5. The van der Waals surface area contributed by atoms with Crippen molar-refractivity contribution in [2.24, 2.45) is 19.8 Å². The van der Waals surface area contributed by atoms with E-state index in [9.17, 15) is 4.79 Å². The molecule has 1 atom stereocenters. The summed E-state index contributed by atoms with van der Waals surface area (Å²) in [5.41, 5.74) is 11.7. The number of nitrogens with two attached hydrogens (primary N) is 1. The molecule has 0 saturated carbocycles. The number of aromatic nitrogens is 4. The number of hydrogen-bond acceptors (Lipinski definition) is 5. The fourth-order valence-corrected chi connectivity index (χ4v) is 5.23. The lowest BCUT2D eigenvalue weighted by Crippen LogP contribution is -2.41. The quantitative estimate of drug-likeness (QED) is 0.411. The molecule has 0 saturated heterocycles. The lowest BCUT2D eigenvalue weighted by atomic mass is 9.84. The van der Waals surface area contributed by atoms with Crippen LogP contribution in [-0.2, 0) is 19.6 Å². The van der Waals surface area contributed by atoms with Crippen LogP contribution in [0, 0.1) is 6.92 Å². The van der Waals surface area contributed by atoms with Crippen LogP contribution < -0.4 is 11.3 Å². The zero-order valence-electron chi connectivity index (χ0n) is 18.4. The van der Waals surface area contributed by atoms with E-state index in [-0.39, 0.29) is 5.56 Å². The molecule has 1 aromatic carbocycles. The van der Waals surface area contributed by atoms with E-state index in [4.69, 9.17) is 22.3 Å². The molecule has 0 aliphatic carbocycles. The smallest absolute Gasteiger partial charge is 0.251 e. The van der Waals surface area contributed by atoms with Crippen molar-refractivity contribution >= 4 is 34.0 Å². The molecular formula is C25H22ClN5OS. The normalized spacial score (nSPS) is 13.4. The van der Waals surface area contributed by atoms with E-state index < -0.39 is 5.54 Å². The van der Waals surface area contributed by atoms with Crippen molar-refractivity contribution in [1.29, 1.82) is 0 Å². The van der Waals surface area contributed by atoms with Crippen LogP contribution in [0.15, 0.2) is 71.2 Å². The average Bonchev–Trinajstić information content (AvgIpc) is 3.44. The number of rotatable bonds is 4. The third-order valence-corrected chi connectivity index (χ3v) is 7.34. The van der Waals surface area contributed by atoms with E-state index >= 15 is 0 Å². The summed E-state index contributed by atoms with van der Waals surface area (Å²) in [6.07, 6.45) is 3.47. The number of pyridine rings is 2. The lowest BCUT2D eigenvalue weighted by Gasteiger charge is -2.30. The fraction of sp³-hybridized carbons (Fsp3) is 0.160. The molecule has 0 fully saturated rings. The Bertz CT molecular complexity index is 1550. The van der Waals surface area contributed by atoms with Crippen molar-refractivity contribution in [1.82, 2.24) is 19.1 Å². The minimum absolute atomic E-state index is 0.0820. The van der Waals surface area contributed by atoms with Gasteiger partial charge in [-0.25, -0.2) is 9.97 Å². The molecule has 4 aromatic heterocycles. The Balaban J connectivity index is 1.83. The maximum Gasteiger partial charge on any atom is 0.251 e. The summed E-state index contributed by atoms with van der Waals surface area (Å²) in [4.78, 5) is 23.1. The molecule has 6 nitrogen and oxygen atoms in total. The topological polar surface area (TPSA) is 78.7 Å². The first-order chi connectivity index (χ1) is 15.8. The summed E-state index contributed by atoms with van der Waals surface area (Å²) in [7, 11) is 3.66. The largest absolute Gasteiger partial charge is 0.335 e. The number of benzene rings is 1. The molecule has 0 unspecified atom stereocenters. The molecule has 8 heteroatoms. The predicted octanol–water partition coefficient (Wildman–Crippen LogP) is 4.61. The van der Waals surface area contributed by atoms with Gasteiger partial charge >= 0.3 is 0 Å². The molecule has 33 heavy (non-hydrogen) atoms. The Morgan fingerprint density at radius 3 is 2.48 bits per heavy atom. The van der Waals surface area contributed by atoms with Gasteiger partial charge in [0.15, 0.2) is 0 Å². The molecule has 0 aliphatic heterocycles. The van der Waals surface area contributed by atoms with E-state index in [1.807, 2.05) is 54.9 Å². The van der Waals surface area contributed by atoms with Crippen molar-refractivity contribution in [2.75, 3.05) is 0 Å². The summed E-state index contributed by atoms with van der Waals surface area (Å²) >= 11 is 7.76. The van der Waals surface area contributed by atoms with Crippen LogP contribution in [0.3, 0.4) is 0 Å². The van der Waals surface area contributed by atoms with Crippen molar-refractivity contribution < 1.29 is 0 Å². The number of halogens is 1. The second kappa shape index (κ2) is 7.95. The molecule has 166 valence electrons. The van der Waals surface area contributed by atoms with Crippen LogP contribution in [0.1, 0.15) is 22.5 Å². The maximum absolute atomic E-state index is 12.7. The van der Waals surface area contributed by atoms with Crippen LogP contribution in [-0.4, -0.2) is 19.1 Å². The predicted molar refractivity (Wildman–Crippen MR) is 134 cm³/mol. The van der Waals surface area contributed by atoms with Crippen LogP contribution in [0.5, 0.6) is 0 Å². The van der Waals surface area contributed by atoms with Crippen molar-refractivity contribution in [3.05, 3.63) is 104 Å². The SMILES string of the molecule is Cc1csc(-c2cc(=O)n(C)c3ccc([C@](N)(c4ccc(Cl)cc4)c4cncn4C)nc23)c1. The van der Waals surface area contributed by atoms with E-state index in [2.05, 4.69) is 16.4 Å². The van der Waals surface area contributed by atoms with Crippen molar-refractivity contribution in [3.8, 4) is 10.4 Å². The van der Waals surface area contributed by atoms with Gasteiger partial charge in [-0.2, -0.15) is 0 Å². The second-order valence-electron chi connectivity index (χ2n) is 8.21. The highest BCUT2D eigenvalue weighted by molar-refractivity contribution is 7.13. The average molecular weight is 476 g/mol. The third-order valence-electron chi connectivity index (χ3n) is 6.01. The Morgan fingerprint density at radius 1 is 1.09 bits per heavy atom. The van der Waals surface area contributed by atoms with E-state index in [0.717, 1.165) is 38.3 Å². The molecule has 0 bridgehead atoms. The van der Waals surface area contributed by atoms with Gasteiger partial charge < -0.3 is 14.9 Å². The van der Waals surface area contributed by atoms with E-state index in [1.54, 1.807) is 41.5 Å². The molecule has 0 aliphatic rings. The minimum atomic E-state index is -1.08. The van der Waals surface area contributed by atoms with Gasteiger partial charge in [0.1, 0.15) is 5.54 Å². The summed E-state index contributed by atoms with van der Waals surface area (Å²) in [5, 5.41) is 2.70. The molecular weight excluding hydrogens is 454 g/mol. The van der Waals surface area contributed by atoms with Crippen LogP contribution >= 0.6 is 22.9 Å². The third kappa shape index (κ3) is 3.49. The Kier molecular flexibility index (Phi) is 5.20. The first kappa shape index (κ1) is 21.6. The summed E-state index contributed by atoms with van der Waals surface area (Å²) in [6.45, 7) is 2.04. The van der Waals surface area contributed by atoms with Crippen LogP contribution in [0.2, 0.25) is 5.02 Å². The second-order valence-corrected chi connectivity index (χ2v) is 9.56. The number of aryl methyl sites for hydroxylation is 3. The molecule has 5 aromatic rings. The van der Waals surface area contributed by atoms with Gasteiger partial charge in [0.2, 0.25) is 0 Å². The molecule has 0 spiro atoms. The van der Waals surface area contributed by atoms with Gasteiger partial charge in [0.25, 0.3) is 5.56 Å². The first-order valence-electron chi connectivity index (χ1n) is 10.4. The minimum Gasteiger partial charge on any atom is -0.335 e. The Hall–Kier alpha value is -3.26. The zero-order valence-corrected chi connectivity index (χ0v) is 20.0. The zero-order chi connectivity index (χ0) is 23.3. The van der Waals surface area contributed by atoms with E-state index in [0.29, 0.717) is 10.7 Å². The monoisotopic (exact) mass is 475 g/mol. The van der Waals surface area contributed by atoms with Crippen molar-refractivity contribution in [3.63, 3.8) is 0 Å². The molecule has 0 radical (unpaired) electrons. The number of imidazole rings is 1. The number of fused-ring (bicyclic) bond motifs is 1. The first-order valence-corrected chi connectivity index (χ1v) is 11.6. The van der Waals surface area contributed by atoms with Gasteiger partial charge in [-0.3, -0.25) is 4.79 Å². The molecule has 2 N–H and O–H groups in total. The highest BCUT2D eigenvalue weighted by Crippen LogP contribution is 2.36. The molecule has 5 rings (SSSR count).